The Morgan fingerprint density at radius 2 is 1.91 bits per heavy atom. The SMILES string of the molecule is CCC[C@H](NC(=O)[C@@H](O)C(C)(C)C)C(=O)Nc1ncc(-c2nnnn2Cc2ccccc2)s1. The molecule has 2 heterocycles. The summed E-state index contributed by atoms with van der Waals surface area (Å²) in [5.41, 5.74) is 0.422. The Balaban J connectivity index is 1.69. The van der Waals surface area contributed by atoms with Crippen LogP contribution in [0.4, 0.5) is 5.13 Å². The molecule has 0 aliphatic rings. The second-order valence-electron chi connectivity index (χ2n) is 8.78. The summed E-state index contributed by atoms with van der Waals surface area (Å²) in [5, 5.41) is 27.9. The van der Waals surface area contributed by atoms with Crippen LogP contribution < -0.4 is 10.6 Å². The van der Waals surface area contributed by atoms with Gasteiger partial charge >= 0.3 is 0 Å². The molecular weight excluding hydrogens is 442 g/mol. The van der Waals surface area contributed by atoms with Crippen LogP contribution in [0.5, 0.6) is 0 Å². The normalized spacial score (nSPS) is 13.4. The molecule has 10 nitrogen and oxygen atoms in total. The first-order chi connectivity index (χ1) is 15.7. The van der Waals surface area contributed by atoms with Gasteiger partial charge < -0.3 is 15.7 Å². The number of hydrogen-bond donors (Lipinski definition) is 3. The predicted molar refractivity (Wildman–Crippen MR) is 125 cm³/mol. The number of carbonyl (C=O) groups is 2. The third-order valence-corrected chi connectivity index (χ3v) is 5.85. The van der Waals surface area contributed by atoms with Gasteiger partial charge in [-0.3, -0.25) is 9.59 Å². The largest absolute Gasteiger partial charge is 0.383 e. The average molecular weight is 472 g/mol. The van der Waals surface area contributed by atoms with Gasteiger partial charge in [-0.05, 0) is 27.8 Å². The summed E-state index contributed by atoms with van der Waals surface area (Å²) in [4.78, 5) is 30.2. The minimum absolute atomic E-state index is 0.371. The van der Waals surface area contributed by atoms with Crippen LogP contribution in [-0.2, 0) is 16.1 Å². The molecular formula is C22H29N7O3S. The van der Waals surface area contributed by atoms with E-state index in [9.17, 15) is 14.7 Å². The van der Waals surface area contributed by atoms with Crippen molar-refractivity contribution in [3.63, 3.8) is 0 Å². The van der Waals surface area contributed by atoms with E-state index in [2.05, 4.69) is 31.1 Å². The first kappa shape index (κ1) is 24.5. The number of hydrogen-bond acceptors (Lipinski definition) is 8. The van der Waals surface area contributed by atoms with Crippen LogP contribution in [0.1, 0.15) is 46.1 Å². The van der Waals surface area contributed by atoms with Gasteiger partial charge in [0.1, 0.15) is 12.1 Å². The second-order valence-corrected chi connectivity index (χ2v) is 9.81. The molecule has 0 saturated heterocycles. The van der Waals surface area contributed by atoms with Gasteiger partial charge in [-0.1, -0.05) is 75.8 Å². The summed E-state index contributed by atoms with van der Waals surface area (Å²) < 4.78 is 1.67. The number of aliphatic hydroxyl groups is 1. The van der Waals surface area contributed by atoms with Crippen LogP contribution in [0.3, 0.4) is 0 Å². The molecule has 3 rings (SSSR count). The van der Waals surface area contributed by atoms with E-state index in [0.29, 0.717) is 35.2 Å². The van der Waals surface area contributed by atoms with Crippen molar-refractivity contribution in [2.45, 2.75) is 59.2 Å². The first-order valence-corrected chi connectivity index (χ1v) is 11.6. The average Bonchev–Trinajstić information content (AvgIpc) is 3.42. The smallest absolute Gasteiger partial charge is 0.250 e. The fraction of sp³-hybridized carbons (Fsp3) is 0.455. The second kappa shape index (κ2) is 10.6. The van der Waals surface area contributed by atoms with E-state index in [1.54, 1.807) is 31.6 Å². The Kier molecular flexibility index (Phi) is 7.88. The quantitative estimate of drug-likeness (QED) is 0.436. The number of carbonyl (C=O) groups excluding carboxylic acids is 2. The number of tetrazole rings is 1. The van der Waals surface area contributed by atoms with Crippen molar-refractivity contribution in [3.05, 3.63) is 42.1 Å². The summed E-state index contributed by atoms with van der Waals surface area (Å²) in [7, 11) is 0. The number of nitrogens with zero attached hydrogens (tertiary/aromatic N) is 5. The maximum Gasteiger partial charge on any atom is 0.250 e. The summed E-state index contributed by atoms with van der Waals surface area (Å²) >= 11 is 1.24. The molecule has 0 bridgehead atoms. The maximum absolute atomic E-state index is 12.8. The van der Waals surface area contributed by atoms with Crippen molar-refractivity contribution < 1.29 is 14.7 Å². The van der Waals surface area contributed by atoms with Gasteiger partial charge in [0.25, 0.3) is 0 Å². The molecule has 176 valence electrons. The predicted octanol–water partition coefficient (Wildman–Crippen LogP) is 2.48. The Hall–Kier alpha value is -3.18. The van der Waals surface area contributed by atoms with Gasteiger partial charge in [-0.15, -0.1) is 5.10 Å². The van der Waals surface area contributed by atoms with E-state index >= 15 is 0 Å². The summed E-state index contributed by atoms with van der Waals surface area (Å²) in [6, 6.07) is 9.04. The molecule has 2 atom stereocenters. The number of anilines is 1. The van der Waals surface area contributed by atoms with E-state index in [4.69, 9.17) is 0 Å². The third-order valence-electron chi connectivity index (χ3n) is 4.94. The zero-order valence-electron chi connectivity index (χ0n) is 19.1. The molecule has 2 aromatic heterocycles. The molecule has 0 spiro atoms. The molecule has 11 heteroatoms. The minimum atomic E-state index is -1.22. The number of aromatic nitrogens is 5. The van der Waals surface area contributed by atoms with Crippen LogP contribution in [-0.4, -0.2) is 54.3 Å². The Morgan fingerprint density at radius 3 is 2.58 bits per heavy atom. The number of thiazole rings is 1. The molecule has 2 amide bonds. The summed E-state index contributed by atoms with van der Waals surface area (Å²) in [6.45, 7) is 7.70. The van der Waals surface area contributed by atoms with Crippen molar-refractivity contribution in [3.8, 4) is 10.7 Å². The monoisotopic (exact) mass is 471 g/mol. The molecule has 3 aromatic rings. The molecule has 1 aromatic carbocycles. The molecule has 0 fully saturated rings. The molecule has 0 saturated carbocycles. The van der Waals surface area contributed by atoms with Crippen molar-refractivity contribution in [2.24, 2.45) is 5.41 Å². The molecule has 0 aliphatic heterocycles. The molecule has 0 radical (unpaired) electrons. The van der Waals surface area contributed by atoms with Gasteiger partial charge in [0.2, 0.25) is 11.8 Å². The van der Waals surface area contributed by atoms with E-state index in [1.165, 1.54) is 11.3 Å². The fourth-order valence-corrected chi connectivity index (χ4v) is 3.88. The zero-order valence-corrected chi connectivity index (χ0v) is 20.0. The third kappa shape index (κ3) is 6.42. The fourth-order valence-electron chi connectivity index (χ4n) is 3.07. The van der Waals surface area contributed by atoms with Gasteiger partial charge in [-0.25, -0.2) is 9.67 Å². The van der Waals surface area contributed by atoms with E-state index in [-0.39, 0.29) is 0 Å². The number of benzene rings is 1. The number of aliphatic hydroxyl groups excluding tert-OH is 1. The molecule has 3 N–H and O–H groups in total. The highest BCUT2D eigenvalue weighted by Crippen LogP contribution is 2.27. The lowest BCUT2D eigenvalue weighted by Gasteiger charge is -2.26. The molecule has 0 unspecified atom stereocenters. The Labute approximate surface area is 196 Å². The molecule has 33 heavy (non-hydrogen) atoms. The highest BCUT2D eigenvalue weighted by molar-refractivity contribution is 7.19. The number of amides is 2. The maximum atomic E-state index is 12.8. The van der Waals surface area contributed by atoms with Crippen molar-refractivity contribution >= 4 is 28.3 Å². The van der Waals surface area contributed by atoms with Gasteiger partial charge in [-0.2, -0.15) is 0 Å². The number of nitrogens with one attached hydrogen (secondary N) is 2. The number of rotatable bonds is 9. The first-order valence-electron chi connectivity index (χ1n) is 10.7. The van der Waals surface area contributed by atoms with Crippen LogP contribution in [0, 0.1) is 5.41 Å². The van der Waals surface area contributed by atoms with Crippen LogP contribution in [0.2, 0.25) is 0 Å². The van der Waals surface area contributed by atoms with Gasteiger partial charge in [0.05, 0.1) is 17.6 Å². The van der Waals surface area contributed by atoms with Crippen LogP contribution in [0.25, 0.3) is 10.7 Å². The topological polar surface area (TPSA) is 135 Å². The standard InChI is InChI=1S/C22H29N7O3S/c1-5-9-15(24-20(32)17(30)22(2,3)4)19(31)25-21-23-12-16(33-21)18-26-27-28-29(18)13-14-10-7-6-8-11-14/h6-8,10-12,15,17,30H,5,9,13H2,1-4H3,(H,24,32)(H,23,25,31)/t15-,17+/m0/s1. The molecule has 0 aliphatic carbocycles. The Bertz CT molecular complexity index is 1080. The van der Waals surface area contributed by atoms with Crippen molar-refractivity contribution in [1.82, 2.24) is 30.5 Å². The highest BCUT2D eigenvalue weighted by atomic mass is 32.1. The van der Waals surface area contributed by atoms with Gasteiger partial charge in [0.15, 0.2) is 11.0 Å². The van der Waals surface area contributed by atoms with Crippen LogP contribution in [0.15, 0.2) is 36.5 Å². The highest BCUT2D eigenvalue weighted by Gasteiger charge is 2.32. The van der Waals surface area contributed by atoms with E-state index in [1.807, 2.05) is 37.3 Å². The van der Waals surface area contributed by atoms with E-state index < -0.39 is 29.4 Å². The summed E-state index contributed by atoms with van der Waals surface area (Å²) in [5.74, 6) is -0.421. The van der Waals surface area contributed by atoms with Crippen molar-refractivity contribution in [1.29, 1.82) is 0 Å². The lowest BCUT2D eigenvalue weighted by Crippen LogP contribution is -2.50. The Morgan fingerprint density at radius 1 is 1.18 bits per heavy atom. The van der Waals surface area contributed by atoms with Crippen LogP contribution >= 0.6 is 11.3 Å². The minimum Gasteiger partial charge on any atom is -0.383 e. The zero-order chi connectivity index (χ0) is 24.0. The van der Waals surface area contributed by atoms with Crippen molar-refractivity contribution in [2.75, 3.05) is 5.32 Å². The van der Waals surface area contributed by atoms with E-state index in [0.717, 1.165) is 5.56 Å². The lowest BCUT2D eigenvalue weighted by molar-refractivity contribution is -0.137. The van der Waals surface area contributed by atoms with Gasteiger partial charge in [0, 0.05) is 0 Å². The summed E-state index contributed by atoms with van der Waals surface area (Å²) in [6.07, 6.45) is 1.49. The lowest BCUT2D eigenvalue weighted by atomic mass is 9.88.